The van der Waals surface area contributed by atoms with Gasteiger partial charge in [0.1, 0.15) is 30.2 Å². The Balaban J connectivity index is 1.69. The van der Waals surface area contributed by atoms with Crippen LogP contribution in [0.1, 0.15) is 19.1 Å². The third kappa shape index (κ3) is 3.60. The predicted molar refractivity (Wildman–Crippen MR) is 90.0 cm³/mol. The number of hydrogen-bond acceptors (Lipinski definition) is 9. The van der Waals surface area contributed by atoms with Crippen molar-refractivity contribution in [1.82, 2.24) is 24.4 Å². The van der Waals surface area contributed by atoms with E-state index in [9.17, 15) is 15.0 Å². The second-order valence-electron chi connectivity index (χ2n) is 6.39. The number of nitrogen functional groups attached to an aromatic ring is 1. The number of likely N-dealkylation sites (N-methyl/N-ethyl adjacent to an activating group) is 1. The molecular formula is C15H22N6O5. The normalized spacial score (nSPS) is 26.0. The first-order valence-electron chi connectivity index (χ1n) is 8.23. The Kier molecular flexibility index (Phi) is 5.32. The van der Waals surface area contributed by atoms with Crippen LogP contribution >= 0.6 is 0 Å². The molecular weight excluding hydrogens is 344 g/mol. The van der Waals surface area contributed by atoms with Crippen LogP contribution < -0.4 is 5.73 Å². The summed E-state index contributed by atoms with van der Waals surface area (Å²) in [7, 11) is 1.80. The van der Waals surface area contributed by atoms with Crippen LogP contribution in [-0.4, -0.2) is 84.2 Å². The second kappa shape index (κ2) is 7.50. The summed E-state index contributed by atoms with van der Waals surface area (Å²) in [6, 6.07) is 0. The maximum absolute atomic E-state index is 10.6. The molecule has 11 heteroatoms. The average molecular weight is 366 g/mol. The van der Waals surface area contributed by atoms with Crippen LogP contribution in [0.3, 0.4) is 0 Å². The number of nitrogens with zero attached hydrogens (tertiary/aromatic N) is 5. The van der Waals surface area contributed by atoms with Gasteiger partial charge < -0.3 is 30.7 Å². The van der Waals surface area contributed by atoms with E-state index >= 15 is 0 Å². The lowest BCUT2D eigenvalue weighted by molar-refractivity contribution is -0.137. The van der Waals surface area contributed by atoms with Crippen molar-refractivity contribution < 1.29 is 24.9 Å². The molecule has 1 saturated heterocycles. The van der Waals surface area contributed by atoms with Gasteiger partial charge >= 0.3 is 5.97 Å². The molecule has 3 heterocycles. The number of nitrogens with two attached hydrogens (primary N) is 1. The highest BCUT2D eigenvalue weighted by Gasteiger charge is 2.44. The molecule has 0 amide bonds. The summed E-state index contributed by atoms with van der Waals surface area (Å²) in [5.74, 6) is -0.629. The third-order valence-electron chi connectivity index (χ3n) is 4.42. The highest BCUT2D eigenvalue weighted by atomic mass is 16.6. The van der Waals surface area contributed by atoms with Gasteiger partial charge in [0.15, 0.2) is 17.7 Å². The first-order chi connectivity index (χ1) is 12.4. The zero-order valence-electron chi connectivity index (χ0n) is 14.3. The van der Waals surface area contributed by atoms with Crippen LogP contribution in [0.15, 0.2) is 12.7 Å². The van der Waals surface area contributed by atoms with Gasteiger partial charge in [0, 0.05) is 13.0 Å². The maximum atomic E-state index is 10.6. The number of carboxylic acid groups (broad SMARTS) is 1. The molecule has 0 spiro atoms. The predicted octanol–water partition coefficient (Wildman–Crippen LogP) is -1.18. The average Bonchev–Trinajstić information content (AvgIpc) is 3.12. The van der Waals surface area contributed by atoms with Gasteiger partial charge in [0.05, 0.1) is 6.33 Å². The SMILES string of the molecule is CN(CCCC(=O)O)CC1OC(n2cnc3c(N)ncnc32)[C@@H](O)[C@H]1O. The molecule has 1 aliphatic rings. The lowest BCUT2D eigenvalue weighted by Crippen LogP contribution is -2.38. The van der Waals surface area contributed by atoms with E-state index in [1.54, 1.807) is 7.05 Å². The van der Waals surface area contributed by atoms with Crippen LogP contribution in [0.4, 0.5) is 5.82 Å². The Bertz CT molecular complexity index is 783. The summed E-state index contributed by atoms with van der Waals surface area (Å²) < 4.78 is 7.36. The van der Waals surface area contributed by atoms with Gasteiger partial charge in [-0.05, 0) is 20.0 Å². The molecule has 1 aliphatic heterocycles. The van der Waals surface area contributed by atoms with E-state index in [2.05, 4.69) is 15.0 Å². The number of aliphatic carboxylic acids is 1. The van der Waals surface area contributed by atoms with Crippen molar-refractivity contribution in [2.24, 2.45) is 0 Å². The number of carbonyl (C=O) groups is 1. The first-order valence-corrected chi connectivity index (χ1v) is 8.23. The number of imidazole rings is 1. The fraction of sp³-hybridized carbons (Fsp3) is 0.600. The summed E-state index contributed by atoms with van der Waals surface area (Å²) in [6.45, 7) is 0.884. The third-order valence-corrected chi connectivity index (χ3v) is 4.42. The van der Waals surface area contributed by atoms with Gasteiger partial charge in [-0.3, -0.25) is 9.36 Å². The number of ether oxygens (including phenoxy) is 1. The van der Waals surface area contributed by atoms with Gasteiger partial charge in [-0.15, -0.1) is 0 Å². The van der Waals surface area contributed by atoms with Crippen molar-refractivity contribution in [3.63, 3.8) is 0 Å². The van der Waals surface area contributed by atoms with E-state index in [0.717, 1.165) is 0 Å². The van der Waals surface area contributed by atoms with Gasteiger partial charge in [-0.2, -0.15) is 0 Å². The molecule has 26 heavy (non-hydrogen) atoms. The number of aromatic nitrogens is 4. The van der Waals surface area contributed by atoms with Crippen LogP contribution in [0.25, 0.3) is 11.2 Å². The van der Waals surface area contributed by atoms with E-state index in [4.69, 9.17) is 15.6 Å². The Labute approximate surface area is 149 Å². The molecule has 2 unspecified atom stereocenters. The van der Waals surface area contributed by atoms with Gasteiger partial charge in [0.25, 0.3) is 0 Å². The van der Waals surface area contributed by atoms with Crippen molar-refractivity contribution in [1.29, 1.82) is 0 Å². The molecule has 2 aromatic rings. The van der Waals surface area contributed by atoms with E-state index in [-0.39, 0.29) is 12.2 Å². The zero-order valence-corrected chi connectivity index (χ0v) is 14.3. The minimum absolute atomic E-state index is 0.0752. The standard InChI is InChI=1S/C15H22N6O5/c1-20(4-2-3-9(22)23)5-8-11(24)12(25)15(26-8)21-7-19-10-13(16)17-6-18-14(10)21/h6-8,11-12,15,24-25H,2-5H2,1H3,(H,22,23)(H2,16,17,18)/t8?,11-,12-,15?/m0/s1. The number of carboxylic acids is 1. The van der Waals surface area contributed by atoms with Crippen molar-refractivity contribution >= 4 is 23.0 Å². The van der Waals surface area contributed by atoms with E-state index < -0.39 is 30.5 Å². The van der Waals surface area contributed by atoms with Crippen molar-refractivity contribution in [2.75, 3.05) is 25.9 Å². The second-order valence-corrected chi connectivity index (χ2v) is 6.39. The van der Waals surface area contributed by atoms with Crippen LogP contribution in [0.5, 0.6) is 0 Å². The van der Waals surface area contributed by atoms with Crippen molar-refractivity contribution in [3.8, 4) is 0 Å². The zero-order chi connectivity index (χ0) is 18.8. The lowest BCUT2D eigenvalue weighted by atomic mass is 10.1. The molecule has 0 radical (unpaired) electrons. The van der Waals surface area contributed by atoms with Crippen LogP contribution in [0, 0.1) is 0 Å². The summed E-state index contributed by atoms with van der Waals surface area (Å²) in [4.78, 5) is 24.6. The summed E-state index contributed by atoms with van der Waals surface area (Å²) in [5.41, 5.74) is 6.57. The number of aliphatic hydroxyl groups excluding tert-OH is 2. The topological polar surface area (TPSA) is 160 Å². The number of fused-ring (bicyclic) bond motifs is 1. The van der Waals surface area contributed by atoms with Crippen molar-refractivity contribution in [3.05, 3.63) is 12.7 Å². The van der Waals surface area contributed by atoms with Gasteiger partial charge in [-0.1, -0.05) is 0 Å². The van der Waals surface area contributed by atoms with E-state index in [1.165, 1.54) is 17.2 Å². The lowest BCUT2D eigenvalue weighted by Gasteiger charge is -2.22. The molecule has 0 aliphatic carbocycles. The molecule has 11 nitrogen and oxygen atoms in total. The fourth-order valence-electron chi connectivity index (χ4n) is 3.06. The molecule has 2 aromatic heterocycles. The number of rotatable bonds is 7. The Morgan fingerprint density at radius 2 is 2.12 bits per heavy atom. The number of hydrogen-bond donors (Lipinski definition) is 4. The van der Waals surface area contributed by atoms with Crippen molar-refractivity contribution in [2.45, 2.75) is 37.4 Å². The summed E-state index contributed by atoms with van der Waals surface area (Å²) in [5, 5.41) is 29.4. The minimum atomic E-state index is -1.17. The molecule has 0 aromatic carbocycles. The molecule has 0 saturated carbocycles. The summed E-state index contributed by atoms with van der Waals surface area (Å²) >= 11 is 0. The monoisotopic (exact) mass is 366 g/mol. The Morgan fingerprint density at radius 3 is 2.85 bits per heavy atom. The fourth-order valence-corrected chi connectivity index (χ4v) is 3.06. The Hall–Kier alpha value is -2.34. The quantitative estimate of drug-likeness (QED) is 0.470. The Morgan fingerprint density at radius 1 is 1.35 bits per heavy atom. The number of aliphatic hydroxyl groups is 2. The molecule has 3 rings (SSSR count). The minimum Gasteiger partial charge on any atom is -0.481 e. The summed E-state index contributed by atoms with van der Waals surface area (Å²) in [6.07, 6.45) is -0.464. The smallest absolute Gasteiger partial charge is 0.303 e. The first kappa shape index (κ1) is 18.5. The molecule has 1 fully saturated rings. The molecule has 0 bridgehead atoms. The van der Waals surface area contributed by atoms with E-state index in [0.29, 0.717) is 30.7 Å². The molecule has 4 atom stereocenters. The highest BCUT2D eigenvalue weighted by Crippen LogP contribution is 2.32. The van der Waals surface area contributed by atoms with Crippen LogP contribution in [-0.2, 0) is 9.53 Å². The van der Waals surface area contributed by atoms with Gasteiger partial charge in [0.2, 0.25) is 0 Å². The highest BCUT2D eigenvalue weighted by molar-refractivity contribution is 5.81. The molecule has 5 N–H and O–H groups in total. The number of anilines is 1. The van der Waals surface area contributed by atoms with Crippen LogP contribution in [0.2, 0.25) is 0 Å². The van der Waals surface area contributed by atoms with E-state index in [1.807, 2.05) is 4.90 Å². The largest absolute Gasteiger partial charge is 0.481 e. The van der Waals surface area contributed by atoms with Gasteiger partial charge in [-0.25, -0.2) is 15.0 Å². The molecule has 142 valence electrons. The maximum Gasteiger partial charge on any atom is 0.303 e.